The lowest BCUT2D eigenvalue weighted by molar-refractivity contribution is 0.381. The lowest BCUT2D eigenvalue weighted by Gasteiger charge is -2.34. The molecule has 2 aromatic heterocycles. The monoisotopic (exact) mass is 374 g/mol. The zero-order valence-electron chi connectivity index (χ0n) is 14.5. The molecule has 0 aromatic carbocycles. The van der Waals surface area contributed by atoms with Gasteiger partial charge in [-0.25, -0.2) is 9.71 Å². The van der Waals surface area contributed by atoms with Crippen molar-refractivity contribution in [1.82, 2.24) is 14.7 Å². The normalized spacial score (nSPS) is 16.4. The standard InChI is InChI=1S/C17H21N5O3S/c1-25-16-8-14-15(11-20-16)19-10-13(9-18)17(14)22-6-3-12(4-7-22)2-5-21-26(23)24/h8,10-12,21H,2-7H2,1H3,(H,23,24)/p-1. The van der Waals surface area contributed by atoms with E-state index in [1.807, 2.05) is 6.07 Å². The van der Waals surface area contributed by atoms with Crippen LogP contribution < -0.4 is 14.4 Å². The molecule has 1 unspecified atom stereocenters. The van der Waals surface area contributed by atoms with Crippen molar-refractivity contribution in [3.05, 3.63) is 24.0 Å². The number of ether oxygens (including phenoxy) is 1. The largest absolute Gasteiger partial charge is 0.760 e. The maximum absolute atomic E-state index is 10.6. The molecule has 8 nitrogen and oxygen atoms in total. The molecule has 1 aliphatic rings. The number of fused-ring (bicyclic) bond motifs is 1. The fourth-order valence-corrected chi connectivity index (χ4v) is 3.67. The third-order valence-corrected chi connectivity index (χ3v) is 5.17. The first-order valence-electron chi connectivity index (χ1n) is 8.43. The zero-order valence-corrected chi connectivity index (χ0v) is 15.3. The van der Waals surface area contributed by atoms with Crippen LogP contribution in [0, 0.1) is 17.2 Å². The van der Waals surface area contributed by atoms with Crippen LogP contribution in [0.4, 0.5) is 5.69 Å². The van der Waals surface area contributed by atoms with E-state index in [9.17, 15) is 14.0 Å². The number of methoxy groups -OCH3 is 1. The Balaban J connectivity index is 1.80. The van der Waals surface area contributed by atoms with Gasteiger partial charge in [-0.2, -0.15) is 5.26 Å². The summed E-state index contributed by atoms with van der Waals surface area (Å²) in [6.07, 6.45) is 5.96. The summed E-state index contributed by atoms with van der Waals surface area (Å²) in [5.74, 6) is 0.958. The molecule has 3 rings (SSSR count). The van der Waals surface area contributed by atoms with Gasteiger partial charge in [0.15, 0.2) is 0 Å². The van der Waals surface area contributed by atoms with Crippen molar-refractivity contribution in [3.63, 3.8) is 0 Å². The number of nitrogens with zero attached hydrogens (tertiary/aromatic N) is 4. The molecule has 1 fully saturated rings. The highest BCUT2D eigenvalue weighted by Gasteiger charge is 2.23. The van der Waals surface area contributed by atoms with Crippen molar-refractivity contribution in [2.45, 2.75) is 19.3 Å². The van der Waals surface area contributed by atoms with Crippen LogP contribution in [0.25, 0.3) is 10.9 Å². The van der Waals surface area contributed by atoms with Gasteiger partial charge in [0, 0.05) is 48.6 Å². The first-order chi connectivity index (χ1) is 12.6. The molecule has 1 atom stereocenters. The van der Waals surface area contributed by atoms with Crippen molar-refractivity contribution >= 4 is 27.9 Å². The summed E-state index contributed by atoms with van der Waals surface area (Å²) in [7, 11) is 1.56. The molecule has 0 aliphatic carbocycles. The minimum Gasteiger partial charge on any atom is -0.760 e. The van der Waals surface area contributed by atoms with E-state index in [0.717, 1.165) is 48.9 Å². The Morgan fingerprint density at radius 1 is 1.42 bits per heavy atom. The Kier molecular flexibility index (Phi) is 5.98. The summed E-state index contributed by atoms with van der Waals surface area (Å²) in [5.41, 5.74) is 2.13. The maximum Gasteiger partial charge on any atom is 0.213 e. The lowest BCUT2D eigenvalue weighted by atomic mass is 9.93. The third kappa shape index (κ3) is 4.09. The molecule has 0 amide bonds. The molecular weight excluding hydrogens is 354 g/mol. The Morgan fingerprint density at radius 2 is 2.19 bits per heavy atom. The summed E-state index contributed by atoms with van der Waals surface area (Å²) < 4.78 is 28.8. The fraction of sp³-hybridized carbons (Fsp3) is 0.471. The molecule has 26 heavy (non-hydrogen) atoms. The van der Waals surface area contributed by atoms with Gasteiger partial charge in [0.05, 0.1) is 30.1 Å². The fourth-order valence-electron chi connectivity index (χ4n) is 3.39. The smallest absolute Gasteiger partial charge is 0.213 e. The number of hydrogen-bond donors (Lipinski definition) is 1. The first-order valence-corrected chi connectivity index (χ1v) is 9.50. The average Bonchev–Trinajstić information content (AvgIpc) is 2.67. The molecule has 1 saturated heterocycles. The molecule has 1 aliphatic heterocycles. The summed E-state index contributed by atoms with van der Waals surface area (Å²) in [5, 5.41) is 10.4. The Hall–Kier alpha value is -2.28. The topological polar surface area (TPSA) is 114 Å². The van der Waals surface area contributed by atoms with Gasteiger partial charge in [0.2, 0.25) is 5.88 Å². The molecule has 0 saturated carbocycles. The van der Waals surface area contributed by atoms with Crippen LogP contribution in [0.2, 0.25) is 0 Å². The second-order valence-corrected chi connectivity index (χ2v) is 6.98. The molecule has 3 heterocycles. The van der Waals surface area contributed by atoms with E-state index in [1.54, 1.807) is 19.5 Å². The van der Waals surface area contributed by atoms with Gasteiger partial charge in [0.25, 0.3) is 0 Å². The van der Waals surface area contributed by atoms with Crippen LogP contribution in [0.3, 0.4) is 0 Å². The van der Waals surface area contributed by atoms with E-state index in [4.69, 9.17) is 4.74 Å². The van der Waals surface area contributed by atoms with Crippen molar-refractivity contribution in [3.8, 4) is 11.9 Å². The second-order valence-electron chi connectivity index (χ2n) is 6.22. The number of aromatic nitrogens is 2. The number of hydrogen-bond acceptors (Lipinski definition) is 7. The number of nitrogens with one attached hydrogen (secondary N) is 1. The van der Waals surface area contributed by atoms with E-state index in [1.165, 1.54) is 0 Å². The highest BCUT2D eigenvalue weighted by Crippen LogP contribution is 2.34. The van der Waals surface area contributed by atoms with Crippen LogP contribution in [-0.2, 0) is 11.3 Å². The first kappa shape index (κ1) is 18.5. The van der Waals surface area contributed by atoms with E-state index >= 15 is 0 Å². The van der Waals surface area contributed by atoms with Crippen LogP contribution in [0.1, 0.15) is 24.8 Å². The summed E-state index contributed by atoms with van der Waals surface area (Å²) >= 11 is -2.20. The average molecular weight is 374 g/mol. The van der Waals surface area contributed by atoms with Gasteiger partial charge in [-0.15, -0.1) is 0 Å². The van der Waals surface area contributed by atoms with Crippen molar-refractivity contribution < 1.29 is 13.5 Å². The Morgan fingerprint density at radius 3 is 2.85 bits per heavy atom. The van der Waals surface area contributed by atoms with Crippen LogP contribution in [0.15, 0.2) is 18.5 Å². The molecule has 2 aromatic rings. The quantitative estimate of drug-likeness (QED) is 0.762. The SMILES string of the molecule is COc1cc2c(N3CCC(CCNS(=O)[O-])CC3)c(C#N)cnc2cn1. The summed E-state index contributed by atoms with van der Waals surface area (Å²) in [6, 6.07) is 4.05. The van der Waals surface area contributed by atoms with Crippen molar-refractivity contribution in [2.24, 2.45) is 5.92 Å². The number of rotatable bonds is 6. The third-order valence-electron chi connectivity index (χ3n) is 4.73. The van der Waals surface area contributed by atoms with E-state index in [2.05, 4.69) is 25.7 Å². The van der Waals surface area contributed by atoms with Crippen LogP contribution >= 0.6 is 0 Å². The van der Waals surface area contributed by atoms with Gasteiger partial charge < -0.3 is 14.2 Å². The van der Waals surface area contributed by atoms with Crippen LogP contribution in [-0.4, -0.2) is 45.5 Å². The van der Waals surface area contributed by atoms with Crippen LogP contribution in [0.5, 0.6) is 5.88 Å². The number of nitriles is 1. The van der Waals surface area contributed by atoms with Gasteiger partial charge in [0.1, 0.15) is 6.07 Å². The van der Waals surface area contributed by atoms with Gasteiger partial charge in [-0.05, 0) is 25.2 Å². The summed E-state index contributed by atoms with van der Waals surface area (Å²) in [4.78, 5) is 10.7. The minimum absolute atomic E-state index is 0.464. The highest BCUT2D eigenvalue weighted by molar-refractivity contribution is 7.77. The molecule has 1 N–H and O–H groups in total. The van der Waals surface area contributed by atoms with Crippen molar-refractivity contribution in [2.75, 3.05) is 31.6 Å². The Labute approximate surface area is 154 Å². The predicted octanol–water partition coefficient (Wildman–Crippen LogP) is 1.50. The Bertz CT molecular complexity index is 846. The van der Waals surface area contributed by atoms with E-state index < -0.39 is 11.3 Å². The van der Waals surface area contributed by atoms with Gasteiger partial charge in [-0.1, -0.05) is 0 Å². The molecule has 9 heteroatoms. The molecular formula is C17H20N5O3S-. The number of pyridine rings is 2. The zero-order chi connectivity index (χ0) is 18.5. The number of anilines is 1. The predicted molar refractivity (Wildman–Crippen MR) is 97.3 cm³/mol. The van der Waals surface area contributed by atoms with Crippen molar-refractivity contribution in [1.29, 1.82) is 5.26 Å². The molecule has 138 valence electrons. The molecule has 0 radical (unpaired) electrons. The second kappa shape index (κ2) is 8.40. The van der Waals surface area contributed by atoms with Gasteiger partial charge >= 0.3 is 0 Å². The minimum atomic E-state index is -2.20. The number of piperidine rings is 1. The van der Waals surface area contributed by atoms with E-state index in [-0.39, 0.29) is 0 Å². The lowest BCUT2D eigenvalue weighted by Crippen LogP contribution is -2.35. The van der Waals surface area contributed by atoms with Gasteiger partial charge in [-0.3, -0.25) is 9.19 Å². The summed E-state index contributed by atoms with van der Waals surface area (Å²) in [6.45, 7) is 2.08. The van der Waals surface area contributed by atoms with E-state index in [0.29, 0.717) is 23.9 Å². The molecule has 0 spiro atoms. The maximum atomic E-state index is 10.6. The highest BCUT2D eigenvalue weighted by atomic mass is 32.2. The molecule has 0 bridgehead atoms.